The number of anilines is 1. The first-order valence-corrected chi connectivity index (χ1v) is 7.57. The molecule has 0 bridgehead atoms. The van der Waals surface area contributed by atoms with Gasteiger partial charge in [0.2, 0.25) is 0 Å². The van der Waals surface area contributed by atoms with Crippen molar-refractivity contribution in [2.24, 2.45) is 0 Å². The van der Waals surface area contributed by atoms with E-state index >= 15 is 0 Å². The zero-order chi connectivity index (χ0) is 15.4. The SMILES string of the molecule is O=C(O)c1ccc(CN2CCC(Nc3ccccc3)C2)cc1. The lowest BCUT2D eigenvalue weighted by atomic mass is 10.1. The summed E-state index contributed by atoms with van der Waals surface area (Å²) >= 11 is 0. The normalized spacial score (nSPS) is 18.3. The zero-order valence-electron chi connectivity index (χ0n) is 12.4. The van der Waals surface area contributed by atoms with Crippen molar-refractivity contribution >= 4 is 11.7 Å². The molecule has 2 aromatic rings. The second-order valence-corrected chi connectivity index (χ2v) is 5.73. The van der Waals surface area contributed by atoms with Crippen LogP contribution >= 0.6 is 0 Å². The Morgan fingerprint density at radius 3 is 2.55 bits per heavy atom. The Morgan fingerprint density at radius 1 is 1.14 bits per heavy atom. The number of hydrogen-bond donors (Lipinski definition) is 2. The molecule has 1 saturated heterocycles. The predicted octanol–water partition coefficient (Wildman–Crippen LogP) is 3.07. The number of nitrogens with one attached hydrogen (secondary N) is 1. The van der Waals surface area contributed by atoms with Gasteiger partial charge >= 0.3 is 5.97 Å². The Labute approximate surface area is 130 Å². The molecule has 1 atom stereocenters. The highest BCUT2D eigenvalue weighted by Gasteiger charge is 2.22. The third kappa shape index (κ3) is 3.65. The number of rotatable bonds is 5. The number of carboxylic acids is 1. The fourth-order valence-electron chi connectivity index (χ4n) is 2.88. The topological polar surface area (TPSA) is 52.6 Å². The van der Waals surface area contributed by atoms with Crippen molar-refractivity contribution in [1.29, 1.82) is 0 Å². The van der Waals surface area contributed by atoms with E-state index in [-0.39, 0.29) is 0 Å². The van der Waals surface area contributed by atoms with Crippen LogP contribution in [-0.2, 0) is 6.54 Å². The Balaban J connectivity index is 1.53. The van der Waals surface area contributed by atoms with Gasteiger partial charge in [0, 0.05) is 31.4 Å². The molecule has 1 aliphatic heterocycles. The van der Waals surface area contributed by atoms with Crippen LogP contribution in [0.25, 0.3) is 0 Å². The van der Waals surface area contributed by atoms with Gasteiger partial charge in [0.15, 0.2) is 0 Å². The minimum absolute atomic E-state index is 0.341. The van der Waals surface area contributed by atoms with Crippen LogP contribution < -0.4 is 5.32 Å². The molecule has 1 aliphatic rings. The summed E-state index contributed by atoms with van der Waals surface area (Å²) in [6, 6.07) is 17.9. The van der Waals surface area contributed by atoms with E-state index in [1.807, 2.05) is 30.3 Å². The summed E-state index contributed by atoms with van der Waals surface area (Å²) in [5, 5.41) is 12.5. The van der Waals surface area contributed by atoms with E-state index in [2.05, 4.69) is 22.3 Å². The average Bonchev–Trinajstić information content (AvgIpc) is 2.96. The summed E-state index contributed by atoms with van der Waals surface area (Å²) in [6.07, 6.45) is 1.13. The third-order valence-corrected chi connectivity index (χ3v) is 4.02. The molecule has 0 aliphatic carbocycles. The number of benzene rings is 2. The first kappa shape index (κ1) is 14.6. The van der Waals surface area contributed by atoms with Gasteiger partial charge < -0.3 is 10.4 Å². The average molecular weight is 296 g/mol. The van der Waals surface area contributed by atoms with Crippen LogP contribution in [0.15, 0.2) is 54.6 Å². The highest BCUT2D eigenvalue weighted by atomic mass is 16.4. The van der Waals surface area contributed by atoms with Gasteiger partial charge in [-0.2, -0.15) is 0 Å². The Bertz CT molecular complexity index is 625. The summed E-state index contributed by atoms with van der Waals surface area (Å²) in [6.45, 7) is 2.94. The van der Waals surface area contributed by atoms with Crippen molar-refractivity contribution in [1.82, 2.24) is 4.90 Å². The Kier molecular flexibility index (Phi) is 4.39. The van der Waals surface area contributed by atoms with Crippen molar-refractivity contribution in [3.63, 3.8) is 0 Å². The molecule has 1 heterocycles. The second kappa shape index (κ2) is 6.62. The molecule has 1 fully saturated rings. The minimum atomic E-state index is -0.875. The van der Waals surface area contributed by atoms with E-state index in [9.17, 15) is 4.79 Å². The molecule has 3 rings (SSSR count). The van der Waals surface area contributed by atoms with Crippen LogP contribution in [0.4, 0.5) is 5.69 Å². The summed E-state index contributed by atoms with van der Waals surface area (Å²) in [7, 11) is 0. The number of hydrogen-bond acceptors (Lipinski definition) is 3. The minimum Gasteiger partial charge on any atom is -0.478 e. The van der Waals surface area contributed by atoms with Crippen LogP contribution in [-0.4, -0.2) is 35.1 Å². The van der Waals surface area contributed by atoms with Gasteiger partial charge in [-0.1, -0.05) is 30.3 Å². The van der Waals surface area contributed by atoms with Gasteiger partial charge in [0.25, 0.3) is 0 Å². The van der Waals surface area contributed by atoms with Crippen LogP contribution in [0.1, 0.15) is 22.3 Å². The molecule has 2 N–H and O–H groups in total. The van der Waals surface area contributed by atoms with Crippen molar-refractivity contribution in [3.8, 4) is 0 Å². The van der Waals surface area contributed by atoms with E-state index in [4.69, 9.17) is 5.11 Å². The van der Waals surface area contributed by atoms with E-state index in [1.165, 1.54) is 5.69 Å². The maximum atomic E-state index is 10.9. The van der Waals surface area contributed by atoms with Gasteiger partial charge in [0.05, 0.1) is 5.56 Å². The molecule has 22 heavy (non-hydrogen) atoms. The zero-order valence-corrected chi connectivity index (χ0v) is 12.4. The molecule has 0 spiro atoms. The quantitative estimate of drug-likeness (QED) is 0.890. The third-order valence-electron chi connectivity index (χ3n) is 4.02. The van der Waals surface area contributed by atoms with Crippen molar-refractivity contribution < 1.29 is 9.90 Å². The molecule has 114 valence electrons. The summed E-state index contributed by atoms with van der Waals surface area (Å²) < 4.78 is 0. The highest BCUT2D eigenvalue weighted by molar-refractivity contribution is 5.87. The van der Waals surface area contributed by atoms with Crippen molar-refractivity contribution in [2.75, 3.05) is 18.4 Å². The number of likely N-dealkylation sites (tertiary alicyclic amines) is 1. The van der Waals surface area contributed by atoms with Gasteiger partial charge in [-0.25, -0.2) is 4.79 Å². The fraction of sp³-hybridized carbons (Fsp3) is 0.278. The van der Waals surface area contributed by atoms with Crippen molar-refractivity contribution in [2.45, 2.75) is 19.0 Å². The molecule has 4 nitrogen and oxygen atoms in total. The number of nitrogens with zero attached hydrogens (tertiary/aromatic N) is 1. The van der Waals surface area contributed by atoms with Crippen LogP contribution in [0.5, 0.6) is 0 Å². The molecule has 1 unspecified atom stereocenters. The van der Waals surface area contributed by atoms with Gasteiger partial charge in [-0.05, 0) is 36.2 Å². The van der Waals surface area contributed by atoms with Crippen LogP contribution in [0, 0.1) is 0 Å². The molecule has 0 saturated carbocycles. The largest absolute Gasteiger partial charge is 0.478 e. The maximum Gasteiger partial charge on any atom is 0.335 e. The summed E-state index contributed by atoms with van der Waals surface area (Å²) in [5.41, 5.74) is 2.67. The van der Waals surface area contributed by atoms with E-state index in [1.54, 1.807) is 12.1 Å². The van der Waals surface area contributed by atoms with E-state index < -0.39 is 5.97 Å². The lowest BCUT2D eigenvalue weighted by Crippen LogP contribution is -2.25. The lowest BCUT2D eigenvalue weighted by molar-refractivity contribution is 0.0697. The molecule has 0 radical (unpaired) electrons. The van der Waals surface area contributed by atoms with Crippen LogP contribution in [0.3, 0.4) is 0 Å². The smallest absolute Gasteiger partial charge is 0.335 e. The molecule has 2 aromatic carbocycles. The van der Waals surface area contributed by atoms with E-state index in [0.717, 1.165) is 31.6 Å². The Hall–Kier alpha value is -2.33. The molecular weight excluding hydrogens is 276 g/mol. The molecule has 4 heteroatoms. The number of para-hydroxylation sites is 1. The molecule has 0 aromatic heterocycles. The standard InChI is InChI=1S/C18H20N2O2/c21-18(22)15-8-6-14(7-9-15)12-20-11-10-17(13-20)19-16-4-2-1-3-5-16/h1-9,17,19H,10-13H2,(H,21,22). The first-order chi connectivity index (χ1) is 10.7. The highest BCUT2D eigenvalue weighted by Crippen LogP contribution is 2.18. The summed E-state index contributed by atoms with van der Waals surface area (Å²) in [5.74, 6) is -0.875. The van der Waals surface area contributed by atoms with Gasteiger partial charge in [0.1, 0.15) is 0 Å². The maximum absolute atomic E-state index is 10.9. The lowest BCUT2D eigenvalue weighted by Gasteiger charge is -2.17. The first-order valence-electron chi connectivity index (χ1n) is 7.57. The monoisotopic (exact) mass is 296 g/mol. The van der Waals surface area contributed by atoms with E-state index in [0.29, 0.717) is 11.6 Å². The predicted molar refractivity (Wildman–Crippen MR) is 87.1 cm³/mol. The number of carbonyl (C=O) groups is 1. The van der Waals surface area contributed by atoms with Gasteiger partial charge in [-0.3, -0.25) is 4.90 Å². The van der Waals surface area contributed by atoms with Crippen molar-refractivity contribution in [3.05, 3.63) is 65.7 Å². The molecule has 0 amide bonds. The van der Waals surface area contributed by atoms with Gasteiger partial charge in [-0.15, -0.1) is 0 Å². The second-order valence-electron chi connectivity index (χ2n) is 5.73. The molecular formula is C18H20N2O2. The van der Waals surface area contributed by atoms with Crippen LogP contribution in [0.2, 0.25) is 0 Å². The Morgan fingerprint density at radius 2 is 1.86 bits per heavy atom. The fourth-order valence-corrected chi connectivity index (χ4v) is 2.88. The summed E-state index contributed by atoms with van der Waals surface area (Å²) in [4.78, 5) is 13.3. The number of carboxylic acid groups (broad SMARTS) is 1. The number of aromatic carboxylic acids is 1.